The lowest BCUT2D eigenvalue weighted by molar-refractivity contribution is 0.0225. The first-order valence-electron chi connectivity index (χ1n) is 9.59. The molecule has 1 amide bonds. The number of β-amino-alcohol motifs (C(OH)–C–C–N with tert-alkyl or cyclic N) is 1. The van der Waals surface area contributed by atoms with Crippen molar-refractivity contribution in [2.75, 3.05) is 24.6 Å². The molecule has 1 aliphatic heterocycles. The predicted octanol–water partition coefficient (Wildman–Crippen LogP) is 3.67. The van der Waals surface area contributed by atoms with Gasteiger partial charge in [0.05, 0.1) is 24.1 Å². The molecule has 0 saturated carbocycles. The molecule has 3 heterocycles. The van der Waals surface area contributed by atoms with Gasteiger partial charge in [0.2, 0.25) is 5.28 Å². The van der Waals surface area contributed by atoms with Crippen LogP contribution in [0.2, 0.25) is 10.4 Å². The summed E-state index contributed by atoms with van der Waals surface area (Å²) in [7, 11) is 0. The molecule has 0 radical (unpaired) electrons. The molecular formula is C19H24Cl2FN5O3. The molecule has 2 aromatic heterocycles. The maximum Gasteiger partial charge on any atom is 0.410 e. The van der Waals surface area contributed by atoms with E-state index in [2.05, 4.69) is 15.0 Å². The Kier molecular flexibility index (Phi) is 6.54. The molecule has 1 saturated heterocycles. The summed E-state index contributed by atoms with van der Waals surface area (Å²) in [5.41, 5.74) is -0.605. The highest BCUT2D eigenvalue weighted by molar-refractivity contribution is 6.30. The van der Waals surface area contributed by atoms with Crippen molar-refractivity contribution in [2.24, 2.45) is 0 Å². The summed E-state index contributed by atoms with van der Waals surface area (Å²) in [5.74, 6) is -0.480. The molecule has 0 bridgehead atoms. The first kappa shape index (κ1) is 22.7. The highest BCUT2D eigenvalue weighted by Gasteiger charge is 2.39. The van der Waals surface area contributed by atoms with E-state index in [1.54, 1.807) is 16.7 Å². The number of aliphatic hydroxyl groups excluding tert-OH is 1. The Bertz CT molecular complexity index is 956. The van der Waals surface area contributed by atoms with E-state index >= 15 is 0 Å². The topological polar surface area (TPSA) is 91.7 Å². The summed E-state index contributed by atoms with van der Waals surface area (Å²) in [4.78, 5) is 28.1. The molecule has 2 aromatic rings. The van der Waals surface area contributed by atoms with Crippen molar-refractivity contribution < 1.29 is 19.0 Å². The summed E-state index contributed by atoms with van der Waals surface area (Å²) in [6, 6.07) is -0.373. The van der Waals surface area contributed by atoms with Crippen molar-refractivity contribution >= 4 is 46.0 Å². The number of carbonyl (C=O) groups is 1. The highest BCUT2D eigenvalue weighted by atomic mass is 35.5. The van der Waals surface area contributed by atoms with E-state index in [1.165, 1.54) is 6.20 Å². The maximum absolute atomic E-state index is 14.5. The summed E-state index contributed by atoms with van der Waals surface area (Å²) >= 11 is 11.8. The summed E-state index contributed by atoms with van der Waals surface area (Å²) in [6.45, 7) is 8.23. The molecule has 1 N–H and O–H groups in total. The van der Waals surface area contributed by atoms with Crippen LogP contribution in [0, 0.1) is 5.82 Å². The molecule has 11 heteroatoms. The van der Waals surface area contributed by atoms with Gasteiger partial charge in [-0.25, -0.2) is 19.2 Å². The zero-order chi connectivity index (χ0) is 22.2. The van der Waals surface area contributed by atoms with Crippen molar-refractivity contribution in [2.45, 2.75) is 51.8 Å². The third-order valence-corrected chi connectivity index (χ3v) is 5.29. The number of carbonyl (C=O) groups excluding carboxylic acids is 1. The zero-order valence-electron chi connectivity index (χ0n) is 17.2. The second kappa shape index (κ2) is 8.64. The second-order valence-electron chi connectivity index (χ2n) is 8.13. The molecule has 164 valence electrons. The minimum absolute atomic E-state index is 0.0558. The van der Waals surface area contributed by atoms with E-state index < -0.39 is 23.6 Å². The Labute approximate surface area is 184 Å². The van der Waals surface area contributed by atoms with E-state index in [9.17, 15) is 14.3 Å². The third-order valence-electron chi connectivity index (χ3n) is 4.85. The number of anilines is 1. The summed E-state index contributed by atoms with van der Waals surface area (Å²) < 4.78 is 19.7. The number of amides is 1. The minimum Gasteiger partial charge on any atom is -0.450 e. The Morgan fingerprint density at radius 2 is 2.07 bits per heavy atom. The standard InChI is InChI=1S/C19H24Cl2FN5O3/c1-5-30-18(29)27(19(2,3)4)10-6-11(28)9-26(8-10)16-12-7-23-15(20)13(22)14(12)24-17(21)25-16/h7,10-11,28H,5-6,8-9H2,1-4H3/t10-,11-/m1/s1. The van der Waals surface area contributed by atoms with Crippen molar-refractivity contribution in [1.29, 1.82) is 0 Å². The van der Waals surface area contributed by atoms with Crippen molar-refractivity contribution in [3.63, 3.8) is 0 Å². The van der Waals surface area contributed by atoms with E-state index in [0.29, 0.717) is 24.2 Å². The van der Waals surface area contributed by atoms with Gasteiger partial charge < -0.3 is 14.7 Å². The summed E-state index contributed by atoms with van der Waals surface area (Å²) in [5, 5.41) is 10.4. The highest BCUT2D eigenvalue weighted by Crippen LogP contribution is 2.32. The first-order valence-corrected chi connectivity index (χ1v) is 10.3. The predicted molar refractivity (Wildman–Crippen MR) is 113 cm³/mol. The van der Waals surface area contributed by atoms with Crippen molar-refractivity contribution in [1.82, 2.24) is 19.9 Å². The molecule has 30 heavy (non-hydrogen) atoms. The van der Waals surface area contributed by atoms with Crippen LogP contribution in [-0.4, -0.2) is 68.4 Å². The molecule has 1 aliphatic rings. The fraction of sp³-hybridized carbons (Fsp3) is 0.579. The molecule has 8 nitrogen and oxygen atoms in total. The molecule has 0 unspecified atom stereocenters. The van der Waals surface area contributed by atoms with Gasteiger partial charge in [-0.1, -0.05) is 11.6 Å². The van der Waals surface area contributed by atoms with Crippen LogP contribution in [0.5, 0.6) is 0 Å². The fourth-order valence-corrected chi connectivity index (χ4v) is 4.11. The Hall–Kier alpha value is -1.97. The van der Waals surface area contributed by atoms with Gasteiger partial charge in [-0.2, -0.15) is 4.98 Å². The Balaban J connectivity index is 2.04. The lowest BCUT2D eigenvalue weighted by Gasteiger charge is -2.46. The quantitative estimate of drug-likeness (QED) is 0.552. The number of halogens is 3. The van der Waals surface area contributed by atoms with Crippen molar-refractivity contribution in [3.8, 4) is 0 Å². The Morgan fingerprint density at radius 3 is 2.70 bits per heavy atom. The monoisotopic (exact) mass is 459 g/mol. The first-order chi connectivity index (χ1) is 14.0. The number of hydrogen-bond acceptors (Lipinski definition) is 7. The van der Waals surface area contributed by atoms with Gasteiger partial charge in [-0.15, -0.1) is 0 Å². The van der Waals surface area contributed by atoms with Crippen LogP contribution in [0.15, 0.2) is 6.20 Å². The normalized spacial score (nSPS) is 19.8. The number of pyridine rings is 1. The van der Waals surface area contributed by atoms with Crippen LogP contribution in [0.25, 0.3) is 10.9 Å². The largest absolute Gasteiger partial charge is 0.450 e. The molecule has 0 spiro atoms. The van der Waals surface area contributed by atoms with Crippen LogP contribution in [-0.2, 0) is 4.74 Å². The molecule has 0 aliphatic carbocycles. The van der Waals surface area contributed by atoms with Crippen LogP contribution < -0.4 is 4.90 Å². The second-order valence-corrected chi connectivity index (χ2v) is 8.83. The average Bonchev–Trinajstić information content (AvgIpc) is 2.63. The number of piperidine rings is 1. The van der Waals surface area contributed by atoms with Gasteiger partial charge in [-0.3, -0.25) is 4.90 Å². The van der Waals surface area contributed by atoms with Gasteiger partial charge in [0.15, 0.2) is 11.0 Å². The lowest BCUT2D eigenvalue weighted by atomic mass is 9.96. The van der Waals surface area contributed by atoms with Crippen LogP contribution in [0.3, 0.4) is 0 Å². The fourth-order valence-electron chi connectivity index (χ4n) is 3.80. The number of fused-ring (bicyclic) bond motifs is 1. The molecule has 2 atom stereocenters. The van der Waals surface area contributed by atoms with Gasteiger partial charge in [0.25, 0.3) is 0 Å². The van der Waals surface area contributed by atoms with Gasteiger partial charge in [-0.05, 0) is 45.7 Å². The number of nitrogens with zero attached hydrogens (tertiary/aromatic N) is 5. The average molecular weight is 460 g/mol. The van der Waals surface area contributed by atoms with Crippen LogP contribution in [0.4, 0.5) is 15.0 Å². The van der Waals surface area contributed by atoms with E-state index in [-0.39, 0.29) is 35.1 Å². The van der Waals surface area contributed by atoms with E-state index in [1.807, 2.05) is 20.8 Å². The Morgan fingerprint density at radius 1 is 1.37 bits per heavy atom. The maximum atomic E-state index is 14.5. The van der Waals surface area contributed by atoms with E-state index in [0.717, 1.165) is 0 Å². The smallest absolute Gasteiger partial charge is 0.410 e. The van der Waals surface area contributed by atoms with E-state index in [4.69, 9.17) is 27.9 Å². The number of ether oxygens (including phenoxy) is 1. The van der Waals surface area contributed by atoms with Crippen LogP contribution >= 0.6 is 23.2 Å². The number of aliphatic hydroxyl groups is 1. The number of rotatable bonds is 3. The van der Waals surface area contributed by atoms with Crippen molar-refractivity contribution in [3.05, 3.63) is 22.5 Å². The zero-order valence-corrected chi connectivity index (χ0v) is 18.7. The van der Waals surface area contributed by atoms with Gasteiger partial charge in [0.1, 0.15) is 11.3 Å². The number of hydrogen-bond donors (Lipinski definition) is 1. The minimum atomic E-state index is -0.795. The summed E-state index contributed by atoms with van der Waals surface area (Å²) in [6.07, 6.45) is 0.517. The van der Waals surface area contributed by atoms with Crippen LogP contribution in [0.1, 0.15) is 34.1 Å². The van der Waals surface area contributed by atoms with Gasteiger partial charge in [0, 0.05) is 24.8 Å². The lowest BCUT2D eigenvalue weighted by Crippen LogP contribution is -2.60. The molecule has 0 aromatic carbocycles. The number of aromatic nitrogens is 3. The molecule has 1 fully saturated rings. The van der Waals surface area contributed by atoms with Gasteiger partial charge >= 0.3 is 6.09 Å². The molecular weight excluding hydrogens is 436 g/mol. The molecule has 3 rings (SSSR count). The SMILES string of the molecule is CCOC(=O)N([C@@H]1C[C@@H](O)CN(c2nc(Cl)nc3c(F)c(Cl)ncc23)C1)C(C)(C)C. The third kappa shape index (κ3) is 4.53.